The Labute approximate surface area is 140 Å². The third-order valence-electron chi connectivity index (χ3n) is 8.67. The summed E-state index contributed by atoms with van der Waals surface area (Å²) in [5, 5.41) is 14.8. The molecule has 0 saturated heterocycles. The van der Waals surface area contributed by atoms with Crippen molar-refractivity contribution in [3.63, 3.8) is 0 Å². The first-order valence-corrected chi connectivity index (χ1v) is 9.76. The molecule has 4 fully saturated rings. The molecule has 0 aromatic heterocycles. The molecule has 0 aromatic carbocycles. The number of oxime groups is 1. The molecule has 130 valence electrons. The molecule has 4 rings (SSSR count). The molecule has 0 spiro atoms. The van der Waals surface area contributed by atoms with Gasteiger partial charge in [0.15, 0.2) is 0 Å². The number of nitrogens with zero attached hydrogens (tertiary/aromatic N) is 1. The van der Waals surface area contributed by atoms with Gasteiger partial charge in [-0.25, -0.2) is 0 Å². The van der Waals surface area contributed by atoms with Gasteiger partial charge < -0.3 is 9.94 Å². The van der Waals surface area contributed by atoms with E-state index in [-0.39, 0.29) is 11.5 Å². The van der Waals surface area contributed by atoms with E-state index in [0.29, 0.717) is 5.41 Å². The van der Waals surface area contributed by atoms with Crippen LogP contribution in [0.1, 0.15) is 71.6 Å². The van der Waals surface area contributed by atoms with Crippen LogP contribution in [0.2, 0.25) is 0 Å². The molecule has 0 bridgehead atoms. The lowest BCUT2D eigenvalue weighted by Gasteiger charge is -2.60. The zero-order chi connectivity index (χ0) is 16.2. The van der Waals surface area contributed by atoms with Crippen molar-refractivity contribution >= 4 is 5.71 Å². The number of hydrogen-bond donors (Lipinski definition) is 1. The van der Waals surface area contributed by atoms with Crippen molar-refractivity contribution in [1.29, 1.82) is 0 Å². The van der Waals surface area contributed by atoms with E-state index in [9.17, 15) is 5.11 Å². The van der Waals surface area contributed by atoms with Crippen LogP contribution in [0.5, 0.6) is 0 Å². The number of aliphatic hydroxyl groups excluding tert-OH is 1. The van der Waals surface area contributed by atoms with Crippen LogP contribution in [0.4, 0.5) is 0 Å². The van der Waals surface area contributed by atoms with Crippen LogP contribution < -0.4 is 0 Å². The molecule has 4 aliphatic carbocycles. The number of hydrogen-bond acceptors (Lipinski definition) is 3. The quantitative estimate of drug-likeness (QED) is 0.728. The Morgan fingerprint density at radius 1 is 1.00 bits per heavy atom. The van der Waals surface area contributed by atoms with Crippen molar-refractivity contribution in [2.45, 2.75) is 77.7 Å². The number of fused-ring (bicyclic) bond motifs is 5. The molecule has 0 heterocycles. The Morgan fingerprint density at radius 2 is 1.78 bits per heavy atom. The Kier molecular flexibility index (Phi) is 3.79. The zero-order valence-corrected chi connectivity index (χ0v) is 15.1. The summed E-state index contributed by atoms with van der Waals surface area (Å²) in [5.41, 5.74) is 1.98. The molecule has 4 saturated carbocycles. The molecule has 0 unspecified atom stereocenters. The second-order valence-corrected chi connectivity index (χ2v) is 9.34. The number of rotatable bonds is 1. The molecule has 3 nitrogen and oxygen atoms in total. The molecule has 0 aliphatic heterocycles. The average Bonchev–Trinajstić information content (AvgIpc) is 2.84. The topological polar surface area (TPSA) is 41.8 Å². The van der Waals surface area contributed by atoms with Crippen LogP contribution in [-0.4, -0.2) is 24.0 Å². The van der Waals surface area contributed by atoms with Gasteiger partial charge in [-0.1, -0.05) is 19.0 Å². The van der Waals surface area contributed by atoms with Gasteiger partial charge in [0.25, 0.3) is 0 Å². The monoisotopic (exact) mass is 319 g/mol. The highest BCUT2D eigenvalue weighted by Gasteiger charge is 2.59. The van der Waals surface area contributed by atoms with Crippen molar-refractivity contribution in [2.24, 2.45) is 39.7 Å². The Hall–Kier alpha value is -0.570. The van der Waals surface area contributed by atoms with E-state index in [2.05, 4.69) is 19.0 Å². The molecule has 7 atom stereocenters. The van der Waals surface area contributed by atoms with Crippen LogP contribution in [-0.2, 0) is 4.84 Å². The highest BCUT2D eigenvalue weighted by molar-refractivity contribution is 5.85. The zero-order valence-electron chi connectivity index (χ0n) is 15.1. The van der Waals surface area contributed by atoms with Crippen LogP contribution in [0.15, 0.2) is 5.16 Å². The summed E-state index contributed by atoms with van der Waals surface area (Å²) in [6, 6.07) is 0. The molecule has 0 amide bonds. The molecule has 1 N–H and O–H groups in total. The molecule has 0 radical (unpaired) electrons. The Balaban J connectivity index is 1.58. The van der Waals surface area contributed by atoms with E-state index >= 15 is 0 Å². The van der Waals surface area contributed by atoms with Gasteiger partial charge in [-0.05, 0) is 92.3 Å². The Bertz CT molecular complexity index is 504. The van der Waals surface area contributed by atoms with E-state index in [4.69, 9.17) is 4.84 Å². The molecule has 0 aromatic rings. The van der Waals surface area contributed by atoms with Gasteiger partial charge in [-0.15, -0.1) is 0 Å². The van der Waals surface area contributed by atoms with Crippen molar-refractivity contribution < 1.29 is 9.94 Å². The van der Waals surface area contributed by atoms with Crippen molar-refractivity contribution in [3.8, 4) is 0 Å². The average molecular weight is 319 g/mol. The fourth-order valence-electron chi connectivity index (χ4n) is 7.24. The molecule has 3 heteroatoms. The van der Waals surface area contributed by atoms with Gasteiger partial charge in [0.1, 0.15) is 7.11 Å². The summed E-state index contributed by atoms with van der Waals surface area (Å²) in [7, 11) is 1.67. The normalized spacial score (nSPS) is 54.3. The minimum Gasteiger partial charge on any atom is -0.399 e. The van der Waals surface area contributed by atoms with Crippen LogP contribution in [0.3, 0.4) is 0 Å². The molecule has 23 heavy (non-hydrogen) atoms. The van der Waals surface area contributed by atoms with Crippen molar-refractivity contribution in [3.05, 3.63) is 0 Å². The predicted octanol–water partition coefficient (Wildman–Crippen LogP) is 4.39. The van der Waals surface area contributed by atoms with Crippen molar-refractivity contribution in [2.75, 3.05) is 7.11 Å². The fraction of sp³-hybridized carbons (Fsp3) is 0.950. The summed E-state index contributed by atoms with van der Waals surface area (Å²) in [4.78, 5) is 5.04. The molecular weight excluding hydrogens is 286 g/mol. The van der Waals surface area contributed by atoms with Gasteiger partial charge in [0.05, 0.1) is 11.8 Å². The van der Waals surface area contributed by atoms with Gasteiger partial charge >= 0.3 is 0 Å². The standard InChI is InChI=1S/C20H33NO2/c1-19-10-8-14(21-23-3)12-13(19)4-5-15-16-6-7-18(22)20(16,2)11-9-17(15)19/h13,15-18,22H,4-12H2,1-3H3/b21-14+/t13-,15+,16+,17+,18+,19+,20+/m1/s1. The second-order valence-electron chi connectivity index (χ2n) is 9.34. The maximum atomic E-state index is 10.5. The lowest BCUT2D eigenvalue weighted by Crippen LogP contribution is -2.54. The smallest absolute Gasteiger partial charge is 0.106 e. The first-order valence-electron chi connectivity index (χ1n) is 9.76. The van der Waals surface area contributed by atoms with Gasteiger partial charge in [0.2, 0.25) is 0 Å². The molecular formula is C20H33NO2. The van der Waals surface area contributed by atoms with Gasteiger partial charge in [0, 0.05) is 0 Å². The SMILES string of the molecule is CO/N=C1\CC[C@@]2(C)[C@H](CC[C@@H]3[C@@H]2CC[C@]2(C)[C@@H](O)CC[C@@H]32)C1. The van der Waals surface area contributed by atoms with Gasteiger partial charge in [-0.3, -0.25) is 0 Å². The summed E-state index contributed by atoms with van der Waals surface area (Å²) >= 11 is 0. The lowest BCUT2D eigenvalue weighted by atomic mass is 9.45. The summed E-state index contributed by atoms with van der Waals surface area (Å²) < 4.78 is 0. The van der Waals surface area contributed by atoms with E-state index in [1.54, 1.807) is 7.11 Å². The Morgan fingerprint density at radius 3 is 2.57 bits per heavy atom. The highest BCUT2D eigenvalue weighted by atomic mass is 16.6. The van der Waals surface area contributed by atoms with E-state index < -0.39 is 0 Å². The lowest BCUT2D eigenvalue weighted by molar-refractivity contribution is -0.112. The first-order chi connectivity index (χ1) is 11.0. The minimum atomic E-state index is -0.0502. The molecule has 4 aliphatic rings. The third kappa shape index (κ3) is 2.22. The van der Waals surface area contributed by atoms with E-state index in [0.717, 1.165) is 42.9 Å². The van der Waals surface area contributed by atoms with Gasteiger partial charge in [-0.2, -0.15) is 0 Å². The van der Waals surface area contributed by atoms with E-state index in [1.165, 1.54) is 44.2 Å². The second kappa shape index (κ2) is 5.47. The van der Waals surface area contributed by atoms with Crippen molar-refractivity contribution in [1.82, 2.24) is 0 Å². The fourth-order valence-corrected chi connectivity index (χ4v) is 7.24. The highest BCUT2D eigenvalue weighted by Crippen LogP contribution is 2.65. The third-order valence-corrected chi connectivity index (χ3v) is 8.67. The van der Waals surface area contributed by atoms with Crippen LogP contribution in [0, 0.1) is 34.5 Å². The largest absolute Gasteiger partial charge is 0.399 e. The number of aliphatic hydroxyl groups is 1. The predicted molar refractivity (Wildman–Crippen MR) is 92.2 cm³/mol. The van der Waals surface area contributed by atoms with E-state index in [1.807, 2.05) is 0 Å². The van der Waals surface area contributed by atoms with Crippen LogP contribution >= 0.6 is 0 Å². The maximum absolute atomic E-state index is 10.5. The summed E-state index contributed by atoms with van der Waals surface area (Å²) in [5.74, 6) is 3.28. The summed E-state index contributed by atoms with van der Waals surface area (Å²) in [6.45, 7) is 4.95. The van der Waals surface area contributed by atoms with Crippen LogP contribution in [0.25, 0.3) is 0 Å². The summed E-state index contributed by atoms with van der Waals surface area (Å²) in [6.07, 6.45) is 11.1. The maximum Gasteiger partial charge on any atom is 0.106 e. The minimum absolute atomic E-state index is 0.0502. The first kappa shape index (κ1) is 15.9.